The average molecular weight is 296 g/mol. The fourth-order valence-corrected chi connectivity index (χ4v) is 1.83. The molecule has 0 aliphatic rings. The van der Waals surface area contributed by atoms with Gasteiger partial charge in [-0.2, -0.15) is 31.3 Å². The number of fused-ring (bicyclic) bond motifs is 1. The third kappa shape index (κ3) is 2.50. The SMILES string of the molecule is COc1cc(C(F)(F)F)[nH+]c2c(C(F)(F)F)cccc12. The monoisotopic (exact) mass is 296 g/mol. The minimum absolute atomic E-state index is 0.0738. The van der Waals surface area contributed by atoms with Crippen LogP contribution in [0.3, 0.4) is 0 Å². The lowest BCUT2D eigenvalue weighted by Crippen LogP contribution is -2.24. The van der Waals surface area contributed by atoms with Crippen molar-refractivity contribution in [2.75, 3.05) is 7.11 Å². The fraction of sp³-hybridized carbons (Fsp3) is 0.250. The average Bonchev–Trinajstić information content (AvgIpc) is 2.34. The zero-order valence-corrected chi connectivity index (χ0v) is 9.99. The summed E-state index contributed by atoms with van der Waals surface area (Å²) < 4.78 is 81.3. The van der Waals surface area contributed by atoms with Crippen LogP contribution in [0.1, 0.15) is 11.3 Å². The van der Waals surface area contributed by atoms with E-state index in [0.29, 0.717) is 12.1 Å². The second-order valence-corrected chi connectivity index (χ2v) is 3.98. The van der Waals surface area contributed by atoms with Gasteiger partial charge in [0, 0.05) is 0 Å². The molecule has 0 aliphatic heterocycles. The van der Waals surface area contributed by atoms with E-state index >= 15 is 0 Å². The molecule has 1 heterocycles. The molecule has 1 aromatic carbocycles. The number of alkyl halides is 6. The number of aromatic nitrogens is 1. The van der Waals surface area contributed by atoms with Crippen LogP contribution in [-0.2, 0) is 12.4 Å². The summed E-state index contributed by atoms with van der Waals surface area (Å²) >= 11 is 0. The lowest BCUT2D eigenvalue weighted by Gasteiger charge is -2.10. The summed E-state index contributed by atoms with van der Waals surface area (Å²) in [6.45, 7) is 0. The second kappa shape index (κ2) is 4.53. The van der Waals surface area contributed by atoms with E-state index in [1.54, 1.807) is 4.98 Å². The minimum atomic E-state index is -4.81. The van der Waals surface area contributed by atoms with Crippen LogP contribution in [0.4, 0.5) is 26.3 Å². The molecule has 0 saturated heterocycles. The molecule has 1 N–H and O–H groups in total. The summed E-state index contributed by atoms with van der Waals surface area (Å²) in [5.41, 5.74) is -3.15. The second-order valence-electron chi connectivity index (χ2n) is 3.98. The molecule has 0 saturated carbocycles. The number of nitrogens with one attached hydrogen (secondary N) is 1. The number of halogens is 6. The number of ether oxygens (including phenoxy) is 1. The van der Waals surface area contributed by atoms with Gasteiger partial charge in [0.2, 0.25) is 5.52 Å². The quantitative estimate of drug-likeness (QED) is 0.736. The Kier molecular flexibility index (Phi) is 3.27. The number of methoxy groups -OCH3 is 1. The van der Waals surface area contributed by atoms with Crippen LogP contribution in [0.5, 0.6) is 5.75 Å². The molecular formula is C12H8F6NO+. The van der Waals surface area contributed by atoms with Crippen molar-refractivity contribution < 1.29 is 36.1 Å². The number of H-pyrrole nitrogens is 1. The van der Waals surface area contributed by atoms with Gasteiger partial charge in [0.1, 0.15) is 11.3 Å². The molecule has 8 heteroatoms. The van der Waals surface area contributed by atoms with Crippen molar-refractivity contribution in [3.8, 4) is 5.75 Å². The molecule has 0 unspecified atom stereocenters. The van der Waals surface area contributed by atoms with Gasteiger partial charge in [-0.15, -0.1) is 0 Å². The molecule has 2 nitrogen and oxygen atoms in total. The first-order chi connectivity index (χ1) is 9.14. The minimum Gasteiger partial charge on any atom is -0.496 e. The topological polar surface area (TPSA) is 23.4 Å². The first-order valence-corrected chi connectivity index (χ1v) is 5.32. The van der Waals surface area contributed by atoms with Gasteiger partial charge in [0.05, 0.1) is 18.6 Å². The molecule has 0 amide bonds. The largest absolute Gasteiger partial charge is 0.496 e. The molecule has 0 bridgehead atoms. The predicted octanol–water partition coefficient (Wildman–Crippen LogP) is 3.70. The smallest absolute Gasteiger partial charge is 0.477 e. The molecule has 20 heavy (non-hydrogen) atoms. The molecular weight excluding hydrogens is 288 g/mol. The van der Waals surface area contributed by atoms with Crippen molar-refractivity contribution in [2.24, 2.45) is 0 Å². The Morgan fingerprint density at radius 3 is 2.15 bits per heavy atom. The molecule has 0 spiro atoms. The maximum Gasteiger partial charge on any atom is 0.477 e. The standard InChI is InChI=1S/C12H7F6NO/c1-20-8-5-9(12(16,17)18)19-10-6(8)3-2-4-7(10)11(13,14)15/h2-5H,1H3/p+1. The molecule has 108 valence electrons. The molecule has 0 radical (unpaired) electrons. The molecule has 2 aromatic rings. The van der Waals surface area contributed by atoms with Crippen LogP contribution in [0.25, 0.3) is 10.9 Å². The number of hydrogen-bond donors (Lipinski definition) is 0. The van der Waals surface area contributed by atoms with Crippen LogP contribution >= 0.6 is 0 Å². The summed E-state index contributed by atoms with van der Waals surface area (Å²) in [6.07, 6.45) is -9.58. The maximum absolute atomic E-state index is 12.8. The van der Waals surface area contributed by atoms with Crippen LogP contribution in [0.2, 0.25) is 0 Å². The van der Waals surface area contributed by atoms with Gasteiger partial charge < -0.3 is 4.74 Å². The van der Waals surface area contributed by atoms with E-state index in [9.17, 15) is 26.3 Å². The molecule has 1 aromatic heterocycles. The van der Waals surface area contributed by atoms with Gasteiger partial charge in [-0.25, -0.2) is 0 Å². The van der Waals surface area contributed by atoms with E-state index in [2.05, 4.69) is 0 Å². The number of rotatable bonds is 1. The van der Waals surface area contributed by atoms with E-state index in [1.165, 1.54) is 6.07 Å². The van der Waals surface area contributed by atoms with Crippen LogP contribution < -0.4 is 9.72 Å². The van der Waals surface area contributed by atoms with Crippen molar-refractivity contribution in [1.29, 1.82) is 0 Å². The van der Waals surface area contributed by atoms with Crippen LogP contribution in [0, 0.1) is 0 Å². The van der Waals surface area contributed by atoms with Crippen molar-refractivity contribution in [3.63, 3.8) is 0 Å². The summed E-state index contributed by atoms with van der Waals surface area (Å²) in [7, 11) is 1.09. The highest BCUT2D eigenvalue weighted by Gasteiger charge is 2.42. The summed E-state index contributed by atoms with van der Waals surface area (Å²) in [6, 6.07) is 3.69. The first-order valence-electron chi connectivity index (χ1n) is 5.32. The summed E-state index contributed by atoms with van der Waals surface area (Å²) in [5, 5.41) is -0.0738. The van der Waals surface area contributed by atoms with E-state index < -0.39 is 29.1 Å². The van der Waals surface area contributed by atoms with Crippen molar-refractivity contribution in [1.82, 2.24) is 0 Å². The van der Waals surface area contributed by atoms with Crippen molar-refractivity contribution in [3.05, 3.63) is 35.5 Å². The normalized spacial score (nSPS) is 12.8. The lowest BCUT2D eigenvalue weighted by molar-refractivity contribution is -0.400. The number of benzene rings is 1. The van der Waals surface area contributed by atoms with E-state index in [0.717, 1.165) is 13.2 Å². The molecule has 0 fully saturated rings. The highest BCUT2D eigenvalue weighted by atomic mass is 19.4. The van der Waals surface area contributed by atoms with E-state index in [-0.39, 0.29) is 11.1 Å². The molecule has 0 aliphatic carbocycles. The van der Waals surface area contributed by atoms with Gasteiger partial charge in [-0.3, -0.25) is 0 Å². The predicted molar refractivity (Wildman–Crippen MR) is 57.1 cm³/mol. The highest BCUT2D eigenvalue weighted by molar-refractivity contribution is 5.85. The summed E-state index contributed by atoms with van der Waals surface area (Å²) in [4.78, 5) is 1.79. The third-order valence-electron chi connectivity index (χ3n) is 2.70. The Balaban J connectivity index is 2.87. The number of pyridine rings is 1. The van der Waals surface area contributed by atoms with Crippen LogP contribution in [-0.4, -0.2) is 7.11 Å². The lowest BCUT2D eigenvalue weighted by atomic mass is 10.1. The van der Waals surface area contributed by atoms with Crippen LogP contribution in [0.15, 0.2) is 24.3 Å². The highest BCUT2D eigenvalue weighted by Crippen LogP contribution is 2.37. The maximum atomic E-state index is 12.8. The van der Waals surface area contributed by atoms with Gasteiger partial charge >= 0.3 is 12.4 Å². The Morgan fingerprint density at radius 1 is 1.00 bits per heavy atom. The zero-order chi connectivity index (χ0) is 15.1. The fourth-order valence-electron chi connectivity index (χ4n) is 1.83. The molecule has 2 rings (SSSR count). The Hall–Kier alpha value is -1.99. The molecule has 0 atom stereocenters. The Morgan fingerprint density at radius 2 is 1.65 bits per heavy atom. The van der Waals surface area contributed by atoms with E-state index in [4.69, 9.17) is 4.74 Å². The number of aromatic amines is 1. The van der Waals surface area contributed by atoms with Crippen molar-refractivity contribution in [2.45, 2.75) is 12.4 Å². The zero-order valence-electron chi connectivity index (χ0n) is 9.99. The van der Waals surface area contributed by atoms with Crippen molar-refractivity contribution >= 4 is 10.9 Å². The van der Waals surface area contributed by atoms with Gasteiger partial charge in [0.15, 0.2) is 0 Å². The first kappa shape index (κ1) is 14.4. The number of para-hydroxylation sites is 1. The third-order valence-corrected chi connectivity index (χ3v) is 2.70. The summed E-state index contributed by atoms with van der Waals surface area (Å²) in [5.74, 6) is -0.280. The van der Waals surface area contributed by atoms with Gasteiger partial charge in [0.25, 0.3) is 5.69 Å². The van der Waals surface area contributed by atoms with Gasteiger partial charge in [-0.05, 0) is 12.1 Å². The number of hydrogen-bond acceptors (Lipinski definition) is 1. The Labute approximate surface area is 109 Å². The van der Waals surface area contributed by atoms with E-state index in [1.807, 2.05) is 0 Å². The Bertz CT molecular complexity index is 647. The van der Waals surface area contributed by atoms with Gasteiger partial charge in [-0.1, -0.05) is 6.07 Å².